The van der Waals surface area contributed by atoms with Crippen molar-refractivity contribution < 1.29 is 32.9 Å². The van der Waals surface area contributed by atoms with E-state index in [0.29, 0.717) is 30.6 Å². The van der Waals surface area contributed by atoms with Gasteiger partial charge in [0.2, 0.25) is 0 Å². The second-order valence-corrected chi connectivity index (χ2v) is 11.5. The first-order valence-corrected chi connectivity index (χ1v) is 13.7. The van der Waals surface area contributed by atoms with Crippen molar-refractivity contribution in [2.75, 3.05) is 12.1 Å². The fraction of sp³-hybridized carbons (Fsp3) is 0.682. The number of rotatable bonds is 13. The van der Waals surface area contributed by atoms with Gasteiger partial charge in [0.15, 0.2) is 17.6 Å². The van der Waals surface area contributed by atoms with Crippen LogP contribution < -0.4 is 10.8 Å². The zero-order valence-corrected chi connectivity index (χ0v) is 22.4. The summed E-state index contributed by atoms with van der Waals surface area (Å²) >= 11 is 0. The first-order chi connectivity index (χ1) is 16.8. The van der Waals surface area contributed by atoms with Gasteiger partial charge in [-0.1, -0.05) is 0 Å². The van der Waals surface area contributed by atoms with Crippen LogP contribution in [0.3, 0.4) is 0 Å². The van der Waals surface area contributed by atoms with E-state index in [2.05, 4.69) is 20.0 Å². The Bertz CT molecular complexity index is 1130. The molecule has 1 aliphatic carbocycles. The minimum Gasteiger partial charge on any atom is -0.462 e. The molecule has 1 fully saturated rings. The zero-order valence-electron chi connectivity index (χ0n) is 21.5. The number of nitrogens with two attached hydrogens (primary N) is 1. The number of aromatic nitrogens is 4. The second kappa shape index (κ2) is 11.2. The van der Waals surface area contributed by atoms with Gasteiger partial charge in [-0.2, -0.15) is 0 Å². The monoisotopic (exact) mass is 526 g/mol. The Morgan fingerprint density at radius 1 is 1.11 bits per heavy atom. The van der Waals surface area contributed by atoms with Crippen molar-refractivity contribution in [1.82, 2.24) is 24.6 Å². The predicted molar refractivity (Wildman–Crippen MR) is 131 cm³/mol. The van der Waals surface area contributed by atoms with Crippen LogP contribution in [-0.4, -0.2) is 67.8 Å². The largest absolute Gasteiger partial charge is 0.462 e. The van der Waals surface area contributed by atoms with Crippen LogP contribution in [0.1, 0.15) is 54.4 Å². The van der Waals surface area contributed by atoms with E-state index < -0.39 is 43.6 Å². The van der Waals surface area contributed by atoms with Crippen molar-refractivity contribution in [3.63, 3.8) is 0 Å². The molecular weight excluding hydrogens is 491 g/mol. The van der Waals surface area contributed by atoms with E-state index in [1.807, 2.05) is 0 Å². The highest BCUT2D eigenvalue weighted by molar-refractivity contribution is 7.56. The Morgan fingerprint density at radius 3 is 2.39 bits per heavy atom. The molecule has 0 aliphatic heterocycles. The number of carbonyl (C=O) groups is 2. The molecule has 0 radical (unpaired) electrons. The molecule has 14 heteroatoms. The predicted octanol–water partition coefficient (Wildman–Crippen LogP) is 2.39. The molecule has 13 nitrogen and oxygen atoms in total. The summed E-state index contributed by atoms with van der Waals surface area (Å²) in [7, 11) is -3.87. The third kappa shape index (κ3) is 7.00. The number of imidazole rings is 1. The summed E-state index contributed by atoms with van der Waals surface area (Å²) in [6, 6.07) is 0. The van der Waals surface area contributed by atoms with E-state index in [0.717, 1.165) is 0 Å². The molecule has 1 aliphatic rings. The quantitative estimate of drug-likeness (QED) is 0.289. The molecule has 2 heterocycles. The average molecular weight is 527 g/mol. The molecule has 0 bridgehead atoms. The Balaban J connectivity index is 1.72. The normalized spacial score (nSPS) is 18.1. The summed E-state index contributed by atoms with van der Waals surface area (Å²) in [5.74, 6) is -0.925. The highest BCUT2D eigenvalue weighted by Gasteiger charge is 2.56. The molecule has 0 aromatic carbocycles. The fourth-order valence-corrected chi connectivity index (χ4v) is 5.64. The molecule has 0 spiro atoms. The van der Waals surface area contributed by atoms with Gasteiger partial charge in [-0.3, -0.25) is 9.36 Å². The number of nitrogen functional groups attached to an aromatic ring is 1. The van der Waals surface area contributed by atoms with Gasteiger partial charge >= 0.3 is 11.9 Å². The lowest BCUT2D eigenvalue weighted by atomic mass is 10.3. The van der Waals surface area contributed by atoms with Crippen LogP contribution in [0.15, 0.2) is 12.7 Å². The Morgan fingerprint density at radius 2 is 1.78 bits per heavy atom. The molecule has 0 amide bonds. The van der Waals surface area contributed by atoms with Crippen LogP contribution in [0.5, 0.6) is 0 Å². The number of hydrogen-bond acceptors (Lipinski definition) is 11. The summed E-state index contributed by atoms with van der Waals surface area (Å²) in [5, 5.41) is 2.85. The maximum Gasteiger partial charge on any atom is 0.335 e. The molecule has 0 unspecified atom stereocenters. The zero-order chi connectivity index (χ0) is 26.7. The summed E-state index contributed by atoms with van der Waals surface area (Å²) in [6.07, 6.45) is 1.04. The van der Waals surface area contributed by atoms with Gasteiger partial charge < -0.3 is 29.0 Å². The highest BCUT2D eigenvalue weighted by atomic mass is 31.2. The molecule has 1 saturated carbocycles. The number of ether oxygens (including phenoxy) is 3. The molecule has 3 atom stereocenters. The Labute approximate surface area is 209 Å². The molecule has 36 heavy (non-hydrogen) atoms. The van der Waals surface area contributed by atoms with Crippen molar-refractivity contribution in [3.05, 3.63) is 12.7 Å². The van der Waals surface area contributed by atoms with Gasteiger partial charge in [0.1, 0.15) is 23.7 Å². The van der Waals surface area contributed by atoms with Gasteiger partial charge in [-0.05, 0) is 54.4 Å². The number of esters is 2. The lowest BCUT2D eigenvalue weighted by Crippen LogP contribution is -2.42. The molecule has 0 saturated heterocycles. The summed E-state index contributed by atoms with van der Waals surface area (Å²) in [6.45, 7) is 10.4. The van der Waals surface area contributed by atoms with Crippen molar-refractivity contribution in [2.24, 2.45) is 0 Å². The van der Waals surface area contributed by atoms with Crippen molar-refractivity contribution in [2.45, 2.75) is 90.9 Å². The third-order valence-corrected chi connectivity index (χ3v) is 7.21. The molecule has 200 valence electrons. The van der Waals surface area contributed by atoms with Gasteiger partial charge in [0, 0.05) is 0 Å². The average Bonchev–Trinajstić information content (AvgIpc) is 3.44. The minimum absolute atomic E-state index is 0.264. The topological polar surface area (TPSA) is 170 Å². The summed E-state index contributed by atoms with van der Waals surface area (Å²) < 4.78 is 37.7. The number of anilines is 1. The lowest BCUT2D eigenvalue weighted by molar-refractivity contribution is -0.155. The SMILES string of the molecule is CC(C)OC(=O)[C@H](C)O[P@](=O)(CO[C@H](C)Cn1cnc2c(N)ncnc21)NC1(C(=O)OC(C)C)CC1. The smallest absolute Gasteiger partial charge is 0.335 e. The number of fused-ring (bicyclic) bond motifs is 1. The van der Waals surface area contributed by atoms with Crippen molar-refractivity contribution >= 4 is 36.4 Å². The number of nitrogens with one attached hydrogen (secondary N) is 1. The van der Waals surface area contributed by atoms with Crippen LogP contribution in [0, 0.1) is 0 Å². The summed E-state index contributed by atoms with van der Waals surface area (Å²) in [5.41, 5.74) is 5.70. The van der Waals surface area contributed by atoms with E-state index in [9.17, 15) is 14.2 Å². The van der Waals surface area contributed by atoms with Crippen LogP contribution in [0.2, 0.25) is 0 Å². The van der Waals surface area contributed by atoms with E-state index in [1.54, 1.807) is 45.5 Å². The van der Waals surface area contributed by atoms with E-state index >= 15 is 0 Å². The Hall–Kier alpha value is -2.60. The standard InChI is InChI=1S/C22H35N6O7P/c1-13(2)33-20(29)16(6)35-36(31,27-22(7-8-22)21(30)34-14(3)4)12-32-15(5)9-28-11-26-17-18(23)24-10-25-19(17)28/h10-11,13-16H,7-9,12H2,1-6H3,(H,27,31)(H2,23,24,25)/t15-,16+,36-/m1/s1. The molecule has 3 N–H and O–H groups in total. The van der Waals surface area contributed by atoms with Gasteiger partial charge in [-0.25, -0.2) is 24.8 Å². The third-order valence-electron chi connectivity index (χ3n) is 5.29. The summed E-state index contributed by atoms with van der Waals surface area (Å²) in [4.78, 5) is 37.3. The fourth-order valence-electron chi connectivity index (χ4n) is 3.44. The van der Waals surface area contributed by atoms with E-state index in [-0.39, 0.29) is 18.0 Å². The van der Waals surface area contributed by atoms with Crippen LogP contribution in [-0.2, 0) is 39.4 Å². The molecule has 2 aromatic rings. The highest BCUT2D eigenvalue weighted by Crippen LogP contribution is 2.52. The van der Waals surface area contributed by atoms with E-state index in [4.69, 9.17) is 24.5 Å². The van der Waals surface area contributed by atoms with Gasteiger partial charge in [-0.15, -0.1) is 0 Å². The number of nitrogens with zero attached hydrogens (tertiary/aromatic N) is 4. The van der Waals surface area contributed by atoms with Crippen molar-refractivity contribution in [1.29, 1.82) is 0 Å². The first-order valence-electron chi connectivity index (χ1n) is 11.9. The maximum absolute atomic E-state index is 13.9. The van der Waals surface area contributed by atoms with E-state index in [1.165, 1.54) is 13.3 Å². The lowest BCUT2D eigenvalue weighted by Gasteiger charge is -2.28. The minimum atomic E-state index is -3.87. The Kier molecular flexibility index (Phi) is 8.71. The molecule has 2 aromatic heterocycles. The van der Waals surface area contributed by atoms with Crippen LogP contribution in [0.4, 0.5) is 5.82 Å². The maximum atomic E-state index is 13.9. The molecular formula is C22H35N6O7P. The van der Waals surface area contributed by atoms with Gasteiger partial charge in [0.05, 0.1) is 31.2 Å². The van der Waals surface area contributed by atoms with Crippen LogP contribution in [0.25, 0.3) is 11.2 Å². The van der Waals surface area contributed by atoms with Crippen molar-refractivity contribution in [3.8, 4) is 0 Å². The number of carbonyl (C=O) groups excluding carboxylic acids is 2. The first kappa shape index (κ1) is 28.0. The molecule has 3 rings (SSSR count). The second-order valence-electron chi connectivity index (χ2n) is 9.49. The number of hydrogen-bond donors (Lipinski definition) is 2. The van der Waals surface area contributed by atoms with Crippen LogP contribution >= 0.6 is 7.52 Å². The van der Waals surface area contributed by atoms with Gasteiger partial charge in [0.25, 0.3) is 7.52 Å².